The number of benzene rings is 1. The van der Waals surface area contributed by atoms with Crippen molar-refractivity contribution in [3.8, 4) is 5.75 Å². The fourth-order valence-corrected chi connectivity index (χ4v) is 4.36. The largest absolute Gasteiger partial charge is 0.484 e. The zero-order valence-corrected chi connectivity index (χ0v) is 15.4. The van der Waals surface area contributed by atoms with Gasteiger partial charge in [0, 0.05) is 29.4 Å². The summed E-state index contributed by atoms with van der Waals surface area (Å²) < 4.78 is 5.25. The number of aliphatic hydroxyl groups excluding tert-OH is 1. The van der Waals surface area contributed by atoms with E-state index in [0.717, 1.165) is 6.42 Å². The van der Waals surface area contributed by atoms with Crippen LogP contribution in [0.15, 0.2) is 35.7 Å². The number of amides is 2. The van der Waals surface area contributed by atoms with Crippen LogP contribution < -0.4 is 10.5 Å². The van der Waals surface area contributed by atoms with Crippen molar-refractivity contribution in [2.75, 3.05) is 19.7 Å². The predicted molar refractivity (Wildman–Crippen MR) is 99.5 cm³/mol. The highest BCUT2D eigenvalue weighted by atomic mass is 32.1. The minimum atomic E-state index is -0.584. The van der Waals surface area contributed by atoms with Crippen molar-refractivity contribution in [1.29, 1.82) is 0 Å². The van der Waals surface area contributed by atoms with Crippen molar-refractivity contribution in [2.24, 2.45) is 5.73 Å². The summed E-state index contributed by atoms with van der Waals surface area (Å²) in [4.78, 5) is 26.5. The maximum atomic E-state index is 12.8. The lowest BCUT2D eigenvalue weighted by molar-refractivity contribution is -0.119. The van der Waals surface area contributed by atoms with Crippen LogP contribution in [0.4, 0.5) is 0 Å². The summed E-state index contributed by atoms with van der Waals surface area (Å²) in [6.45, 7) is 2.70. The third-order valence-electron chi connectivity index (χ3n) is 4.57. The van der Waals surface area contributed by atoms with E-state index in [1.807, 2.05) is 12.3 Å². The number of likely N-dealkylation sites (tertiary alicyclic amines) is 1. The number of nitrogens with two attached hydrogens (primary N) is 1. The number of aryl methyl sites for hydroxylation is 1. The molecular formula is C19H22N2O4S. The summed E-state index contributed by atoms with van der Waals surface area (Å²) in [5, 5.41) is 12.6. The lowest BCUT2D eigenvalue weighted by Crippen LogP contribution is -2.45. The van der Waals surface area contributed by atoms with E-state index in [1.165, 1.54) is 10.4 Å². The van der Waals surface area contributed by atoms with Crippen molar-refractivity contribution in [1.82, 2.24) is 4.90 Å². The molecule has 0 radical (unpaired) electrons. The molecule has 7 heteroatoms. The van der Waals surface area contributed by atoms with Crippen LogP contribution >= 0.6 is 11.3 Å². The smallest absolute Gasteiger partial charge is 0.255 e. The molecule has 1 aliphatic heterocycles. The molecule has 1 aliphatic rings. The summed E-state index contributed by atoms with van der Waals surface area (Å²) >= 11 is 1.66. The molecule has 0 spiro atoms. The van der Waals surface area contributed by atoms with Gasteiger partial charge in [0.25, 0.3) is 11.8 Å². The summed E-state index contributed by atoms with van der Waals surface area (Å²) in [5.41, 5.74) is 6.72. The molecule has 2 heterocycles. The predicted octanol–water partition coefficient (Wildman–Crippen LogP) is 1.91. The Kier molecular flexibility index (Phi) is 5.58. The van der Waals surface area contributed by atoms with Crippen LogP contribution in [0, 0.1) is 6.92 Å². The number of nitrogens with zero attached hydrogens (tertiary/aromatic N) is 1. The van der Waals surface area contributed by atoms with Crippen LogP contribution in [-0.4, -0.2) is 47.6 Å². The molecule has 2 aromatic rings. The number of hydrogen-bond donors (Lipinski definition) is 2. The number of aliphatic hydroxyl groups is 1. The van der Waals surface area contributed by atoms with Gasteiger partial charge >= 0.3 is 0 Å². The van der Waals surface area contributed by atoms with E-state index in [1.54, 1.807) is 40.5 Å². The van der Waals surface area contributed by atoms with Gasteiger partial charge in [-0.05, 0) is 48.6 Å². The summed E-state index contributed by atoms with van der Waals surface area (Å²) in [5.74, 6) is -0.241. The molecule has 1 fully saturated rings. The Labute approximate surface area is 156 Å². The fourth-order valence-electron chi connectivity index (χ4n) is 3.24. The quantitative estimate of drug-likeness (QED) is 0.836. The number of primary amides is 1. The normalized spacial score (nSPS) is 20.0. The topological polar surface area (TPSA) is 92.9 Å². The molecule has 6 nitrogen and oxygen atoms in total. The van der Waals surface area contributed by atoms with Crippen LogP contribution in [0.25, 0.3) is 0 Å². The number of β-amino-alcohol motifs (C(OH)–C–C–N with tert-alkyl or cyclic N) is 1. The monoisotopic (exact) mass is 374 g/mol. The lowest BCUT2D eigenvalue weighted by atomic mass is 9.90. The summed E-state index contributed by atoms with van der Waals surface area (Å²) in [6.07, 6.45) is 0.144. The van der Waals surface area contributed by atoms with Gasteiger partial charge in [0.15, 0.2) is 6.61 Å². The van der Waals surface area contributed by atoms with Crippen LogP contribution in [0.5, 0.6) is 5.75 Å². The van der Waals surface area contributed by atoms with Gasteiger partial charge in [0.1, 0.15) is 5.75 Å². The molecule has 0 bridgehead atoms. The molecule has 138 valence electrons. The van der Waals surface area contributed by atoms with Crippen molar-refractivity contribution >= 4 is 23.2 Å². The van der Waals surface area contributed by atoms with E-state index >= 15 is 0 Å². The van der Waals surface area contributed by atoms with Gasteiger partial charge in [-0.3, -0.25) is 9.59 Å². The van der Waals surface area contributed by atoms with Gasteiger partial charge in [-0.15, -0.1) is 11.3 Å². The molecule has 26 heavy (non-hydrogen) atoms. The number of piperidine rings is 1. The molecule has 2 atom stereocenters. The lowest BCUT2D eigenvalue weighted by Gasteiger charge is -2.36. The van der Waals surface area contributed by atoms with E-state index in [0.29, 0.717) is 24.4 Å². The third-order valence-corrected chi connectivity index (χ3v) is 5.72. The maximum absolute atomic E-state index is 12.8. The van der Waals surface area contributed by atoms with Gasteiger partial charge in [-0.2, -0.15) is 0 Å². The summed E-state index contributed by atoms with van der Waals surface area (Å²) in [6, 6.07) is 8.71. The first-order valence-corrected chi connectivity index (χ1v) is 9.36. The zero-order chi connectivity index (χ0) is 18.7. The van der Waals surface area contributed by atoms with Crippen LogP contribution in [0.3, 0.4) is 0 Å². The number of ether oxygens (including phenoxy) is 1. The highest BCUT2D eigenvalue weighted by Crippen LogP contribution is 2.34. The Bertz CT molecular complexity index is 804. The molecule has 2 amide bonds. The van der Waals surface area contributed by atoms with Crippen LogP contribution in [-0.2, 0) is 4.79 Å². The highest BCUT2D eigenvalue weighted by molar-refractivity contribution is 7.10. The van der Waals surface area contributed by atoms with Gasteiger partial charge < -0.3 is 20.5 Å². The Morgan fingerprint density at radius 3 is 2.85 bits per heavy atom. The molecule has 1 saturated heterocycles. The van der Waals surface area contributed by atoms with E-state index in [9.17, 15) is 14.7 Å². The van der Waals surface area contributed by atoms with Crippen LogP contribution in [0.2, 0.25) is 0 Å². The number of carbonyl (C=O) groups is 2. The number of rotatable bonds is 5. The first kappa shape index (κ1) is 18.4. The molecule has 3 N–H and O–H groups in total. The number of hydrogen-bond acceptors (Lipinski definition) is 5. The Balaban J connectivity index is 1.67. The van der Waals surface area contributed by atoms with Crippen LogP contribution in [0.1, 0.15) is 33.1 Å². The first-order chi connectivity index (χ1) is 12.5. The Hall–Kier alpha value is -2.38. The van der Waals surface area contributed by atoms with Crippen molar-refractivity contribution in [3.63, 3.8) is 0 Å². The van der Waals surface area contributed by atoms with E-state index in [4.69, 9.17) is 10.5 Å². The number of thiophene rings is 1. The molecule has 1 aromatic heterocycles. The van der Waals surface area contributed by atoms with Crippen molar-refractivity contribution in [3.05, 3.63) is 51.7 Å². The molecule has 3 rings (SSSR count). The average molecular weight is 374 g/mol. The molecule has 0 aliphatic carbocycles. The maximum Gasteiger partial charge on any atom is 0.255 e. The second-order valence-electron chi connectivity index (χ2n) is 6.46. The second kappa shape index (κ2) is 7.88. The Morgan fingerprint density at radius 1 is 1.38 bits per heavy atom. The van der Waals surface area contributed by atoms with Crippen molar-refractivity contribution < 1.29 is 19.4 Å². The van der Waals surface area contributed by atoms with Gasteiger partial charge in [-0.25, -0.2) is 0 Å². The molecule has 1 aromatic carbocycles. The summed E-state index contributed by atoms with van der Waals surface area (Å²) in [7, 11) is 0. The first-order valence-electron chi connectivity index (χ1n) is 8.48. The van der Waals surface area contributed by atoms with E-state index in [-0.39, 0.29) is 18.4 Å². The SMILES string of the molecule is Cc1ccsc1[C@@H]1CCN(C(=O)c2cccc(OCC(N)=O)c2)C[C@H]1O. The van der Waals surface area contributed by atoms with E-state index < -0.39 is 12.0 Å². The van der Waals surface area contributed by atoms with Gasteiger partial charge in [0.2, 0.25) is 0 Å². The fraction of sp³-hybridized carbons (Fsp3) is 0.368. The van der Waals surface area contributed by atoms with Gasteiger partial charge in [0.05, 0.1) is 6.10 Å². The minimum absolute atomic E-state index is 0.0734. The average Bonchev–Trinajstić information content (AvgIpc) is 3.05. The minimum Gasteiger partial charge on any atom is -0.484 e. The standard InChI is InChI=1S/C19H22N2O4S/c1-12-6-8-26-18(12)15-5-7-21(10-16(15)22)19(24)13-3-2-4-14(9-13)25-11-17(20)23/h2-4,6,8-9,15-16,22H,5,7,10-11H2,1H3,(H2,20,23)/t15-,16-/m1/s1. The van der Waals surface area contributed by atoms with Gasteiger partial charge in [-0.1, -0.05) is 6.07 Å². The Morgan fingerprint density at radius 2 is 2.19 bits per heavy atom. The highest BCUT2D eigenvalue weighted by Gasteiger charge is 2.32. The zero-order valence-electron chi connectivity index (χ0n) is 14.6. The molecular weight excluding hydrogens is 352 g/mol. The third kappa shape index (κ3) is 4.05. The van der Waals surface area contributed by atoms with E-state index in [2.05, 4.69) is 6.07 Å². The molecule has 0 saturated carbocycles. The number of carbonyl (C=O) groups excluding carboxylic acids is 2. The molecule has 0 unspecified atom stereocenters. The second-order valence-corrected chi connectivity index (χ2v) is 7.41. The van der Waals surface area contributed by atoms with Crippen molar-refractivity contribution in [2.45, 2.75) is 25.4 Å².